The van der Waals surface area contributed by atoms with E-state index in [-0.39, 0.29) is 11.8 Å². The summed E-state index contributed by atoms with van der Waals surface area (Å²) >= 11 is 0. The first-order chi connectivity index (χ1) is 15.2. The molecule has 1 saturated heterocycles. The molecule has 2 amide bonds. The van der Waals surface area contributed by atoms with Crippen LogP contribution in [0.2, 0.25) is 0 Å². The van der Waals surface area contributed by atoms with E-state index in [1.54, 1.807) is 15.9 Å². The zero-order chi connectivity index (χ0) is 22.9. The molecule has 4 rings (SSSR count). The van der Waals surface area contributed by atoms with Crippen LogP contribution in [0.25, 0.3) is 0 Å². The van der Waals surface area contributed by atoms with Gasteiger partial charge in [-0.3, -0.25) is 9.69 Å². The van der Waals surface area contributed by atoms with Gasteiger partial charge in [0.1, 0.15) is 5.60 Å². The van der Waals surface area contributed by atoms with Gasteiger partial charge in [0.2, 0.25) is 0 Å². The quantitative estimate of drug-likeness (QED) is 0.703. The molecule has 0 aliphatic carbocycles. The summed E-state index contributed by atoms with van der Waals surface area (Å²) in [5.41, 5.74) is 1.00. The zero-order valence-electron chi connectivity index (χ0n) is 19.2. The van der Waals surface area contributed by atoms with Crippen molar-refractivity contribution in [3.8, 4) is 0 Å². The third-order valence-electron chi connectivity index (χ3n) is 5.61. The number of ether oxygens (including phenoxy) is 1. The number of nitrogens with zero attached hydrogens (tertiary/aromatic N) is 5. The molecule has 8 nitrogen and oxygen atoms in total. The molecule has 0 N–H and O–H groups in total. The van der Waals surface area contributed by atoms with Crippen molar-refractivity contribution >= 4 is 29.2 Å². The lowest BCUT2D eigenvalue weighted by atomic mass is 10.1. The average molecular weight is 438 g/mol. The molecule has 0 radical (unpaired) electrons. The van der Waals surface area contributed by atoms with E-state index in [9.17, 15) is 9.59 Å². The zero-order valence-corrected chi connectivity index (χ0v) is 19.2. The summed E-state index contributed by atoms with van der Waals surface area (Å²) in [6.07, 6.45) is 1.89. The number of benzene rings is 1. The third-order valence-corrected chi connectivity index (χ3v) is 5.61. The number of aromatic nitrogens is 2. The second-order valence-electron chi connectivity index (χ2n) is 9.57. The van der Waals surface area contributed by atoms with E-state index >= 15 is 0 Å². The Morgan fingerprint density at radius 2 is 1.56 bits per heavy atom. The van der Waals surface area contributed by atoms with Gasteiger partial charge in [-0.05, 0) is 63.8 Å². The molecule has 170 valence electrons. The molecule has 8 heteroatoms. The third kappa shape index (κ3) is 4.69. The Bertz CT molecular complexity index is 980. The highest BCUT2D eigenvalue weighted by molar-refractivity contribution is 6.08. The first kappa shape index (κ1) is 22.0. The van der Waals surface area contributed by atoms with E-state index in [0.29, 0.717) is 30.2 Å². The summed E-state index contributed by atoms with van der Waals surface area (Å²) in [5, 5.41) is 8.54. The van der Waals surface area contributed by atoms with Crippen LogP contribution >= 0.6 is 0 Å². The van der Waals surface area contributed by atoms with Gasteiger partial charge in [-0.2, -0.15) is 0 Å². The second-order valence-corrected chi connectivity index (χ2v) is 9.57. The lowest BCUT2D eigenvalue weighted by Gasteiger charge is -2.28. The Labute approximate surface area is 189 Å². The molecule has 2 aliphatic rings. The lowest BCUT2D eigenvalue weighted by molar-refractivity contribution is 0.0577. The molecule has 3 heterocycles. The van der Waals surface area contributed by atoms with Gasteiger partial charge in [0.25, 0.3) is 5.91 Å². The van der Waals surface area contributed by atoms with Gasteiger partial charge in [0.15, 0.2) is 11.5 Å². The lowest BCUT2D eigenvalue weighted by Crippen LogP contribution is -2.39. The maximum Gasteiger partial charge on any atom is 0.414 e. The number of hydrogen-bond acceptors (Lipinski definition) is 6. The highest BCUT2D eigenvalue weighted by Gasteiger charge is 2.34. The fraction of sp³-hybridized carbons (Fsp3) is 0.500. The van der Waals surface area contributed by atoms with Crippen molar-refractivity contribution in [1.82, 2.24) is 10.2 Å². The number of amides is 2. The molecule has 0 saturated carbocycles. The summed E-state index contributed by atoms with van der Waals surface area (Å²) in [6.45, 7) is 10.4. The van der Waals surface area contributed by atoms with Crippen molar-refractivity contribution in [1.29, 1.82) is 0 Å². The van der Waals surface area contributed by atoms with Gasteiger partial charge in [-0.25, -0.2) is 4.79 Å². The molecule has 0 bridgehead atoms. The van der Waals surface area contributed by atoms with Crippen LogP contribution in [0.15, 0.2) is 36.4 Å². The summed E-state index contributed by atoms with van der Waals surface area (Å²) < 4.78 is 5.64. The van der Waals surface area contributed by atoms with E-state index in [0.717, 1.165) is 31.7 Å². The molecule has 2 aromatic rings. The van der Waals surface area contributed by atoms with Crippen molar-refractivity contribution in [2.45, 2.75) is 46.1 Å². The number of carbonyl (C=O) groups is 2. The molecule has 2 aliphatic heterocycles. The summed E-state index contributed by atoms with van der Waals surface area (Å²) in [5.74, 6) is 0.617. The molecule has 1 fully saturated rings. The average Bonchev–Trinajstić information content (AvgIpc) is 3.24. The fourth-order valence-electron chi connectivity index (χ4n) is 4.17. The summed E-state index contributed by atoms with van der Waals surface area (Å²) in [6, 6.07) is 11.0. The van der Waals surface area contributed by atoms with Crippen LogP contribution in [-0.2, 0) is 4.74 Å². The Kier molecular flexibility index (Phi) is 6.04. The van der Waals surface area contributed by atoms with E-state index in [2.05, 4.69) is 15.1 Å². The minimum atomic E-state index is -0.607. The van der Waals surface area contributed by atoms with Crippen molar-refractivity contribution in [3.05, 3.63) is 42.1 Å². The number of fused-ring (bicyclic) bond motifs is 1. The molecule has 1 aromatic heterocycles. The monoisotopic (exact) mass is 437 g/mol. The first-order valence-corrected chi connectivity index (χ1v) is 11.2. The molecular formula is C24H31N5O3. The van der Waals surface area contributed by atoms with Crippen LogP contribution in [0.4, 0.5) is 22.0 Å². The smallest absolute Gasteiger partial charge is 0.414 e. The van der Waals surface area contributed by atoms with Gasteiger partial charge in [-0.1, -0.05) is 19.1 Å². The van der Waals surface area contributed by atoms with E-state index in [1.165, 1.54) is 0 Å². The Hall–Kier alpha value is -3.16. The molecule has 0 unspecified atom stereocenters. The van der Waals surface area contributed by atoms with Gasteiger partial charge in [0, 0.05) is 26.2 Å². The van der Waals surface area contributed by atoms with Crippen LogP contribution in [0.1, 0.15) is 51.0 Å². The molecule has 0 spiro atoms. The van der Waals surface area contributed by atoms with Crippen LogP contribution < -0.4 is 14.7 Å². The van der Waals surface area contributed by atoms with Crippen molar-refractivity contribution in [2.75, 3.05) is 40.9 Å². The van der Waals surface area contributed by atoms with Crippen molar-refractivity contribution in [3.63, 3.8) is 0 Å². The minimum absolute atomic E-state index is 0.0377. The SMILES string of the molecule is C[C@H]1CN(C(=O)OC(C)(C)C)c2ccccc2N(C(=O)c2ccc(N3CCCC3)nn2)C1. The maximum atomic E-state index is 13.5. The topological polar surface area (TPSA) is 78.9 Å². The predicted octanol–water partition coefficient (Wildman–Crippen LogP) is 4.11. The van der Waals surface area contributed by atoms with Gasteiger partial charge < -0.3 is 14.5 Å². The first-order valence-electron chi connectivity index (χ1n) is 11.2. The maximum absolute atomic E-state index is 13.5. The van der Waals surface area contributed by atoms with Crippen LogP contribution in [0, 0.1) is 5.92 Å². The van der Waals surface area contributed by atoms with E-state index < -0.39 is 11.7 Å². The Morgan fingerprint density at radius 3 is 2.16 bits per heavy atom. The summed E-state index contributed by atoms with van der Waals surface area (Å²) in [4.78, 5) is 31.9. The molecular weight excluding hydrogens is 406 g/mol. The summed E-state index contributed by atoms with van der Waals surface area (Å²) in [7, 11) is 0. The highest BCUT2D eigenvalue weighted by atomic mass is 16.6. The number of carbonyl (C=O) groups excluding carboxylic acids is 2. The Balaban J connectivity index is 1.63. The normalized spacial score (nSPS) is 18.9. The van der Waals surface area contributed by atoms with E-state index in [1.807, 2.05) is 58.0 Å². The van der Waals surface area contributed by atoms with E-state index in [4.69, 9.17) is 4.74 Å². The van der Waals surface area contributed by atoms with Crippen molar-refractivity contribution < 1.29 is 14.3 Å². The van der Waals surface area contributed by atoms with Gasteiger partial charge in [-0.15, -0.1) is 10.2 Å². The van der Waals surface area contributed by atoms with Crippen LogP contribution in [0.3, 0.4) is 0 Å². The molecule has 1 atom stereocenters. The van der Waals surface area contributed by atoms with Gasteiger partial charge >= 0.3 is 6.09 Å². The minimum Gasteiger partial charge on any atom is -0.443 e. The molecule has 1 aromatic carbocycles. The number of anilines is 3. The fourth-order valence-corrected chi connectivity index (χ4v) is 4.17. The number of rotatable bonds is 2. The van der Waals surface area contributed by atoms with Crippen LogP contribution in [0.5, 0.6) is 0 Å². The van der Waals surface area contributed by atoms with Gasteiger partial charge in [0.05, 0.1) is 11.4 Å². The number of hydrogen-bond donors (Lipinski definition) is 0. The number of para-hydroxylation sites is 2. The standard InChI is InChI=1S/C24H31N5O3/c1-17-15-28(22(30)18-11-12-21(26-25-18)27-13-7-8-14-27)19-9-5-6-10-20(19)29(16-17)23(31)32-24(2,3)4/h5-6,9-12,17H,7-8,13-16H2,1-4H3/t17-/m1/s1. The largest absolute Gasteiger partial charge is 0.443 e. The molecule has 32 heavy (non-hydrogen) atoms. The second kappa shape index (κ2) is 8.76. The van der Waals surface area contributed by atoms with Crippen molar-refractivity contribution in [2.24, 2.45) is 5.92 Å². The Morgan fingerprint density at radius 1 is 0.938 bits per heavy atom. The predicted molar refractivity (Wildman–Crippen MR) is 124 cm³/mol. The highest BCUT2D eigenvalue weighted by Crippen LogP contribution is 2.35. The van der Waals surface area contributed by atoms with Crippen LogP contribution in [-0.4, -0.2) is 54.0 Å².